The molecule has 0 spiro atoms. The van der Waals surface area contributed by atoms with E-state index in [1.807, 2.05) is 30.3 Å². The lowest BCUT2D eigenvalue weighted by Crippen LogP contribution is -2.22. The third-order valence-electron chi connectivity index (χ3n) is 2.77. The van der Waals surface area contributed by atoms with E-state index in [0.717, 1.165) is 17.7 Å². The Labute approximate surface area is 123 Å². The highest BCUT2D eigenvalue weighted by atomic mass is 32.2. The van der Waals surface area contributed by atoms with E-state index >= 15 is 0 Å². The summed E-state index contributed by atoms with van der Waals surface area (Å²) in [6.45, 7) is 0.554. The van der Waals surface area contributed by atoms with Crippen LogP contribution in [0.5, 0.6) is 0 Å². The number of nitrogens with one attached hydrogen (secondary N) is 1. The lowest BCUT2D eigenvalue weighted by molar-refractivity contribution is -0.121. The molecule has 0 bridgehead atoms. The summed E-state index contributed by atoms with van der Waals surface area (Å²) in [5.41, 5.74) is 1.03. The first-order chi connectivity index (χ1) is 9.84. The molecule has 0 saturated carbocycles. The van der Waals surface area contributed by atoms with Crippen LogP contribution in [0.2, 0.25) is 0 Å². The van der Waals surface area contributed by atoms with Crippen LogP contribution in [0.15, 0.2) is 59.8 Å². The maximum absolute atomic E-state index is 11.7. The molecule has 1 aromatic heterocycles. The van der Waals surface area contributed by atoms with E-state index in [0.29, 0.717) is 13.0 Å². The van der Waals surface area contributed by atoms with Crippen molar-refractivity contribution < 1.29 is 4.79 Å². The van der Waals surface area contributed by atoms with Gasteiger partial charge in [-0.3, -0.25) is 9.78 Å². The zero-order valence-electron chi connectivity index (χ0n) is 11.3. The van der Waals surface area contributed by atoms with E-state index in [1.165, 1.54) is 4.90 Å². The Morgan fingerprint density at radius 3 is 2.75 bits per heavy atom. The van der Waals surface area contributed by atoms with Crippen LogP contribution < -0.4 is 5.32 Å². The Morgan fingerprint density at radius 2 is 2.00 bits per heavy atom. The van der Waals surface area contributed by atoms with Crippen LogP contribution in [0.1, 0.15) is 18.4 Å². The summed E-state index contributed by atoms with van der Waals surface area (Å²) >= 11 is 1.79. The molecule has 3 nitrogen and oxygen atoms in total. The van der Waals surface area contributed by atoms with Gasteiger partial charge in [0.2, 0.25) is 5.91 Å². The van der Waals surface area contributed by atoms with Gasteiger partial charge in [0, 0.05) is 30.3 Å². The Hall–Kier alpha value is -1.81. The Kier molecular flexibility index (Phi) is 6.11. The number of carbonyl (C=O) groups is 1. The fourth-order valence-electron chi connectivity index (χ4n) is 1.73. The zero-order chi connectivity index (χ0) is 14.0. The van der Waals surface area contributed by atoms with E-state index in [1.54, 1.807) is 24.2 Å². The topological polar surface area (TPSA) is 42.0 Å². The van der Waals surface area contributed by atoms with Gasteiger partial charge in [-0.15, -0.1) is 11.8 Å². The molecule has 0 aliphatic rings. The molecule has 0 aliphatic carbocycles. The van der Waals surface area contributed by atoms with Crippen LogP contribution in [-0.2, 0) is 11.3 Å². The van der Waals surface area contributed by atoms with Crippen molar-refractivity contribution in [1.82, 2.24) is 10.3 Å². The Morgan fingerprint density at radius 1 is 1.15 bits per heavy atom. The number of nitrogens with zero attached hydrogens (tertiary/aromatic N) is 1. The third-order valence-corrected chi connectivity index (χ3v) is 3.87. The second-order valence-corrected chi connectivity index (χ2v) is 5.57. The number of carbonyl (C=O) groups excluding carboxylic acids is 1. The van der Waals surface area contributed by atoms with Gasteiger partial charge in [0.15, 0.2) is 0 Å². The first kappa shape index (κ1) is 14.6. The predicted molar refractivity (Wildman–Crippen MR) is 82.5 cm³/mol. The summed E-state index contributed by atoms with van der Waals surface area (Å²) in [5.74, 6) is 1.06. The van der Waals surface area contributed by atoms with E-state index in [4.69, 9.17) is 0 Å². The number of rotatable bonds is 7. The molecule has 0 saturated heterocycles. The molecule has 0 aliphatic heterocycles. The fraction of sp³-hybridized carbons (Fsp3) is 0.250. The van der Waals surface area contributed by atoms with Gasteiger partial charge in [-0.2, -0.15) is 0 Å². The van der Waals surface area contributed by atoms with Gasteiger partial charge in [0.05, 0.1) is 0 Å². The molecule has 0 radical (unpaired) electrons. The first-order valence-electron chi connectivity index (χ1n) is 6.68. The molecule has 1 aromatic carbocycles. The van der Waals surface area contributed by atoms with Gasteiger partial charge in [0.25, 0.3) is 0 Å². The Bertz CT molecular complexity index is 517. The highest BCUT2D eigenvalue weighted by Crippen LogP contribution is 2.18. The average Bonchev–Trinajstić information content (AvgIpc) is 2.52. The monoisotopic (exact) mass is 286 g/mol. The summed E-state index contributed by atoms with van der Waals surface area (Å²) < 4.78 is 0. The van der Waals surface area contributed by atoms with Crippen LogP contribution in [-0.4, -0.2) is 16.6 Å². The summed E-state index contributed by atoms with van der Waals surface area (Å²) in [6, 6.07) is 14.1. The van der Waals surface area contributed by atoms with E-state index in [9.17, 15) is 4.79 Å². The van der Waals surface area contributed by atoms with Crippen molar-refractivity contribution in [2.24, 2.45) is 0 Å². The Balaban J connectivity index is 1.59. The fourth-order valence-corrected chi connectivity index (χ4v) is 2.61. The standard InChI is InChI=1S/C16H18N2OS/c19-16(18-13-14-6-4-10-17-12-14)9-5-11-20-15-7-2-1-3-8-15/h1-4,6-8,10,12H,5,9,11,13H2,(H,18,19). The number of hydrogen-bond donors (Lipinski definition) is 1. The van der Waals surface area contributed by atoms with Crippen LogP contribution >= 0.6 is 11.8 Å². The molecular formula is C16H18N2OS. The minimum Gasteiger partial charge on any atom is -0.352 e. The van der Waals surface area contributed by atoms with Crippen LogP contribution in [0.3, 0.4) is 0 Å². The maximum Gasteiger partial charge on any atom is 0.220 e. The van der Waals surface area contributed by atoms with Gasteiger partial charge in [0.1, 0.15) is 0 Å². The summed E-state index contributed by atoms with van der Waals surface area (Å²) in [4.78, 5) is 17.0. The molecular weight excluding hydrogens is 268 g/mol. The lowest BCUT2D eigenvalue weighted by Gasteiger charge is -2.05. The van der Waals surface area contributed by atoms with Gasteiger partial charge in [-0.1, -0.05) is 24.3 Å². The molecule has 4 heteroatoms. The van der Waals surface area contributed by atoms with Gasteiger partial charge in [-0.25, -0.2) is 0 Å². The van der Waals surface area contributed by atoms with Crippen molar-refractivity contribution in [2.75, 3.05) is 5.75 Å². The molecule has 1 N–H and O–H groups in total. The molecule has 0 fully saturated rings. The lowest BCUT2D eigenvalue weighted by atomic mass is 10.2. The van der Waals surface area contributed by atoms with Crippen molar-refractivity contribution in [3.05, 3.63) is 60.4 Å². The molecule has 20 heavy (non-hydrogen) atoms. The van der Waals surface area contributed by atoms with Gasteiger partial charge in [-0.05, 0) is 35.9 Å². The van der Waals surface area contributed by atoms with E-state index in [2.05, 4.69) is 22.4 Å². The number of aromatic nitrogens is 1. The molecule has 2 rings (SSSR count). The summed E-state index contributed by atoms with van der Waals surface area (Å²) in [6.07, 6.45) is 4.95. The van der Waals surface area contributed by atoms with Crippen molar-refractivity contribution in [3.63, 3.8) is 0 Å². The number of pyridine rings is 1. The third kappa shape index (κ3) is 5.45. The number of benzene rings is 1. The molecule has 0 unspecified atom stereocenters. The number of amides is 1. The highest BCUT2D eigenvalue weighted by molar-refractivity contribution is 7.99. The first-order valence-corrected chi connectivity index (χ1v) is 7.66. The minimum atomic E-state index is 0.0996. The van der Waals surface area contributed by atoms with Crippen LogP contribution in [0.4, 0.5) is 0 Å². The normalized spacial score (nSPS) is 10.2. The smallest absolute Gasteiger partial charge is 0.220 e. The second-order valence-electron chi connectivity index (χ2n) is 4.40. The maximum atomic E-state index is 11.7. The van der Waals surface area contributed by atoms with Crippen LogP contribution in [0, 0.1) is 0 Å². The van der Waals surface area contributed by atoms with E-state index < -0.39 is 0 Å². The molecule has 104 valence electrons. The molecule has 2 aromatic rings. The molecule has 1 heterocycles. The molecule has 1 amide bonds. The predicted octanol–water partition coefficient (Wildman–Crippen LogP) is 3.27. The number of hydrogen-bond acceptors (Lipinski definition) is 3. The van der Waals surface area contributed by atoms with Crippen molar-refractivity contribution in [2.45, 2.75) is 24.3 Å². The van der Waals surface area contributed by atoms with Crippen LogP contribution in [0.25, 0.3) is 0 Å². The summed E-state index contributed by atoms with van der Waals surface area (Å²) in [5, 5.41) is 2.91. The van der Waals surface area contributed by atoms with Crippen molar-refractivity contribution in [1.29, 1.82) is 0 Å². The van der Waals surface area contributed by atoms with Crippen molar-refractivity contribution >= 4 is 17.7 Å². The second kappa shape index (κ2) is 8.38. The number of thioether (sulfide) groups is 1. The van der Waals surface area contributed by atoms with Gasteiger partial charge < -0.3 is 5.32 Å². The summed E-state index contributed by atoms with van der Waals surface area (Å²) in [7, 11) is 0. The van der Waals surface area contributed by atoms with Gasteiger partial charge >= 0.3 is 0 Å². The van der Waals surface area contributed by atoms with Crippen molar-refractivity contribution in [3.8, 4) is 0 Å². The SMILES string of the molecule is O=C(CCCSc1ccccc1)NCc1cccnc1. The molecule has 0 atom stereocenters. The minimum absolute atomic E-state index is 0.0996. The largest absolute Gasteiger partial charge is 0.352 e. The zero-order valence-corrected chi connectivity index (χ0v) is 12.1. The average molecular weight is 286 g/mol. The van der Waals surface area contributed by atoms with E-state index in [-0.39, 0.29) is 5.91 Å². The highest BCUT2D eigenvalue weighted by Gasteiger charge is 2.01. The quantitative estimate of drug-likeness (QED) is 0.627.